The molecule has 3 amide bonds. The molecule has 35 heavy (non-hydrogen) atoms. The van der Waals surface area contributed by atoms with E-state index in [1.54, 1.807) is 0 Å². The molecule has 2 aliphatic rings. The Morgan fingerprint density at radius 3 is 2.71 bits per heavy atom. The van der Waals surface area contributed by atoms with Gasteiger partial charge in [0.1, 0.15) is 12.6 Å². The Morgan fingerprint density at radius 2 is 1.91 bits per heavy atom. The predicted molar refractivity (Wildman–Crippen MR) is 131 cm³/mol. The number of nitrogens with zero attached hydrogens (tertiary/aromatic N) is 2. The lowest BCUT2D eigenvalue weighted by Gasteiger charge is -2.41. The molecule has 0 unspecified atom stereocenters. The third kappa shape index (κ3) is 6.32. The molecule has 2 bridgehead atoms. The molecule has 184 valence electrons. The fourth-order valence-electron chi connectivity index (χ4n) is 4.34. The van der Waals surface area contributed by atoms with Gasteiger partial charge in [0.25, 0.3) is 0 Å². The number of ether oxygens (including phenoxy) is 1. The largest absolute Gasteiger partial charge is 0.465 e. The number of benzene rings is 2. The Labute approximate surface area is 204 Å². The fraction of sp³-hybridized carbons (Fsp3) is 0.346. The first-order valence-corrected chi connectivity index (χ1v) is 11.8. The van der Waals surface area contributed by atoms with E-state index in [9.17, 15) is 19.5 Å². The third-order valence-corrected chi connectivity index (χ3v) is 6.21. The van der Waals surface area contributed by atoms with Gasteiger partial charge in [0, 0.05) is 25.3 Å². The van der Waals surface area contributed by atoms with Crippen LogP contribution < -0.4 is 15.5 Å². The Hall–Kier alpha value is -4.01. The molecule has 3 N–H and O–H groups in total. The molecule has 2 aliphatic heterocycles. The highest BCUT2D eigenvalue weighted by atomic mass is 16.5. The van der Waals surface area contributed by atoms with Crippen LogP contribution in [0.4, 0.5) is 15.3 Å². The maximum Gasteiger partial charge on any atom is 0.407 e. The number of carbonyl (C=O) groups excluding carboxylic acids is 2. The zero-order chi connectivity index (χ0) is 24.6. The zero-order valence-electron chi connectivity index (χ0n) is 19.4. The van der Waals surface area contributed by atoms with E-state index < -0.39 is 18.2 Å². The van der Waals surface area contributed by atoms with E-state index in [-0.39, 0.29) is 25.1 Å². The molecule has 0 radical (unpaired) electrons. The highest BCUT2D eigenvalue weighted by Crippen LogP contribution is 2.27. The SMILES string of the molecule is O=C(N[C@H]1C/C=C/CCNC(=O)[C@H]2CN(C(=O)O)CCN2c2cccc1c2)OCc1ccccc1. The zero-order valence-corrected chi connectivity index (χ0v) is 19.4. The van der Waals surface area contributed by atoms with Crippen molar-refractivity contribution in [2.75, 3.05) is 31.1 Å². The fourth-order valence-corrected chi connectivity index (χ4v) is 4.34. The summed E-state index contributed by atoms with van der Waals surface area (Å²) in [6, 6.07) is 16.2. The average Bonchev–Trinajstić information content (AvgIpc) is 2.89. The molecular formula is C26H30N4O5. The van der Waals surface area contributed by atoms with Gasteiger partial charge >= 0.3 is 12.2 Å². The van der Waals surface area contributed by atoms with Gasteiger partial charge in [-0.2, -0.15) is 0 Å². The van der Waals surface area contributed by atoms with Gasteiger partial charge in [-0.05, 0) is 36.1 Å². The summed E-state index contributed by atoms with van der Waals surface area (Å²) < 4.78 is 5.43. The second-order valence-electron chi connectivity index (χ2n) is 8.58. The minimum Gasteiger partial charge on any atom is -0.465 e. The molecule has 9 nitrogen and oxygen atoms in total. The Bertz CT molecular complexity index is 1070. The number of alkyl carbamates (subject to hydrolysis) is 1. The number of hydrogen-bond acceptors (Lipinski definition) is 5. The first-order valence-electron chi connectivity index (χ1n) is 11.8. The summed E-state index contributed by atoms with van der Waals surface area (Å²) in [6.45, 7) is 1.41. The Kier molecular flexibility index (Phi) is 7.87. The first kappa shape index (κ1) is 24.1. The van der Waals surface area contributed by atoms with Gasteiger partial charge in [-0.1, -0.05) is 54.6 Å². The van der Waals surface area contributed by atoms with Crippen molar-refractivity contribution < 1.29 is 24.2 Å². The summed E-state index contributed by atoms with van der Waals surface area (Å²) in [5, 5.41) is 15.3. The molecule has 0 saturated carbocycles. The molecule has 0 aliphatic carbocycles. The van der Waals surface area contributed by atoms with E-state index >= 15 is 0 Å². The first-order chi connectivity index (χ1) is 17.0. The van der Waals surface area contributed by atoms with Crippen LogP contribution in [0.2, 0.25) is 0 Å². The van der Waals surface area contributed by atoms with Crippen molar-refractivity contribution in [2.24, 2.45) is 0 Å². The van der Waals surface area contributed by atoms with Crippen LogP contribution in [0.15, 0.2) is 66.7 Å². The van der Waals surface area contributed by atoms with Crippen LogP contribution in [-0.2, 0) is 16.1 Å². The lowest BCUT2D eigenvalue weighted by atomic mass is 10.0. The van der Waals surface area contributed by atoms with Crippen molar-refractivity contribution in [3.63, 3.8) is 0 Å². The number of rotatable bonds is 3. The summed E-state index contributed by atoms with van der Waals surface area (Å²) in [5.41, 5.74) is 2.59. The molecule has 4 rings (SSSR count). The summed E-state index contributed by atoms with van der Waals surface area (Å²) in [4.78, 5) is 40.3. The van der Waals surface area contributed by atoms with E-state index in [1.807, 2.05) is 71.6 Å². The summed E-state index contributed by atoms with van der Waals surface area (Å²) in [5.74, 6) is -0.201. The van der Waals surface area contributed by atoms with Crippen LogP contribution in [0.5, 0.6) is 0 Å². The molecule has 1 fully saturated rings. The number of carboxylic acid groups (broad SMARTS) is 1. The summed E-state index contributed by atoms with van der Waals surface area (Å²) in [6.07, 6.45) is 3.60. The van der Waals surface area contributed by atoms with Crippen molar-refractivity contribution in [1.82, 2.24) is 15.5 Å². The highest BCUT2D eigenvalue weighted by Gasteiger charge is 2.34. The van der Waals surface area contributed by atoms with Crippen molar-refractivity contribution in [3.8, 4) is 0 Å². The third-order valence-electron chi connectivity index (χ3n) is 6.21. The van der Waals surface area contributed by atoms with Gasteiger partial charge in [-0.15, -0.1) is 0 Å². The lowest BCUT2D eigenvalue weighted by molar-refractivity contribution is -0.123. The molecule has 2 aromatic carbocycles. The van der Waals surface area contributed by atoms with Crippen LogP contribution in [0, 0.1) is 0 Å². The minimum atomic E-state index is -1.03. The van der Waals surface area contributed by atoms with Gasteiger partial charge in [0.15, 0.2) is 0 Å². The van der Waals surface area contributed by atoms with Gasteiger partial charge in [0.05, 0.1) is 12.6 Å². The number of anilines is 1. The maximum atomic E-state index is 12.9. The summed E-state index contributed by atoms with van der Waals surface area (Å²) >= 11 is 0. The Morgan fingerprint density at radius 1 is 1.09 bits per heavy atom. The molecular weight excluding hydrogens is 448 g/mol. The van der Waals surface area contributed by atoms with E-state index in [0.29, 0.717) is 32.5 Å². The van der Waals surface area contributed by atoms with Gasteiger partial charge in [-0.3, -0.25) is 4.79 Å². The number of carbonyl (C=O) groups is 3. The molecule has 2 heterocycles. The van der Waals surface area contributed by atoms with E-state index in [1.165, 1.54) is 4.90 Å². The second kappa shape index (κ2) is 11.4. The van der Waals surface area contributed by atoms with Crippen molar-refractivity contribution >= 4 is 23.8 Å². The van der Waals surface area contributed by atoms with Crippen molar-refractivity contribution in [1.29, 1.82) is 0 Å². The van der Waals surface area contributed by atoms with Crippen molar-refractivity contribution in [3.05, 3.63) is 77.9 Å². The van der Waals surface area contributed by atoms with Gasteiger partial charge in [-0.25, -0.2) is 9.59 Å². The van der Waals surface area contributed by atoms with E-state index in [2.05, 4.69) is 10.6 Å². The normalized spacial score (nSPS) is 21.3. The molecule has 0 spiro atoms. The molecule has 9 heteroatoms. The topological polar surface area (TPSA) is 111 Å². The highest BCUT2D eigenvalue weighted by molar-refractivity contribution is 5.86. The minimum absolute atomic E-state index is 0.0920. The quantitative estimate of drug-likeness (QED) is 0.584. The maximum absolute atomic E-state index is 12.9. The van der Waals surface area contributed by atoms with E-state index in [4.69, 9.17) is 4.74 Å². The molecule has 0 aromatic heterocycles. The van der Waals surface area contributed by atoms with Crippen LogP contribution in [0.3, 0.4) is 0 Å². The van der Waals surface area contributed by atoms with E-state index in [0.717, 1.165) is 16.8 Å². The smallest absolute Gasteiger partial charge is 0.407 e. The Balaban J connectivity index is 1.55. The molecule has 2 atom stereocenters. The van der Waals surface area contributed by atoms with Gasteiger partial charge < -0.3 is 30.3 Å². The second-order valence-corrected chi connectivity index (χ2v) is 8.58. The predicted octanol–water partition coefficient (Wildman–Crippen LogP) is 3.29. The molecule has 1 saturated heterocycles. The van der Waals surface area contributed by atoms with Crippen LogP contribution in [-0.4, -0.2) is 60.3 Å². The van der Waals surface area contributed by atoms with Crippen molar-refractivity contribution in [2.45, 2.75) is 31.5 Å². The number of amides is 3. The van der Waals surface area contributed by atoms with Crippen LogP contribution >= 0.6 is 0 Å². The molecule has 2 aromatic rings. The van der Waals surface area contributed by atoms with Crippen LogP contribution in [0.1, 0.15) is 30.0 Å². The number of hydrogen-bond donors (Lipinski definition) is 3. The van der Waals surface area contributed by atoms with Crippen LogP contribution in [0.25, 0.3) is 0 Å². The monoisotopic (exact) mass is 478 g/mol. The van der Waals surface area contributed by atoms with Gasteiger partial charge in [0.2, 0.25) is 5.91 Å². The standard InChI is InChI=1S/C26H30N4O5/c31-24-23-17-29(26(33)34)14-15-30(23)21-11-7-10-20(16-21)22(12-5-2-6-13-27-24)28-25(32)35-18-19-8-3-1-4-9-19/h1-5,7-11,16,22-23H,6,12-15,17-18H2,(H,27,31)(H,28,32)(H,33,34)/b5-2+/t22-,23+/m0/s1. The lowest BCUT2D eigenvalue weighted by Crippen LogP contribution is -2.60. The number of nitrogens with one attached hydrogen (secondary N) is 2. The summed E-state index contributed by atoms with van der Waals surface area (Å²) in [7, 11) is 0. The average molecular weight is 479 g/mol. The number of fused-ring (bicyclic) bond motifs is 4. The number of piperazine rings is 1.